The van der Waals surface area contributed by atoms with Gasteiger partial charge in [0.25, 0.3) is 5.91 Å². The summed E-state index contributed by atoms with van der Waals surface area (Å²) in [4.78, 5) is 18.5. The molecule has 0 fully saturated rings. The van der Waals surface area contributed by atoms with E-state index < -0.39 is 0 Å². The zero-order valence-corrected chi connectivity index (χ0v) is 14.3. The molecule has 4 rings (SSSR count). The highest BCUT2D eigenvalue weighted by Crippen LogP contribution is 2.38. The maximum absolute atomic E-state index is 13.0. The number of rotatable bonds is 2. The smallest absolute Gasteiger partial charge is 0.274 e. The van der Waals surface area contributed by atoms with Gasteiger partial charge >= 0.3 is 0 Å². The zero-order chi connectivity index (χ0) is 16.8. The van der Waals surface area contributed by atoms with E-state index in [1.54, 1.807) is 0 Å². The van der Waals surface area contributed by atoms with Crippen molar-refractivity contribution in [2.24, 2.45) is 5.92 Å². The lowest BCUT2D eigenvalue weighted by Crippen LogP contribution is -2.42. The number of benzene rings is 1. The summed E-state index contributed by atoms with van der Waals surface area (Å²) < 4.78 is 0. The molecular formula is C19H22N4O. The van der Waals surface area contributed by atoms with Gasteiger partial charge in [0.15, 0.2) is 0 Å². The summed E-state index contributed by atoms with van der Waals surface area (Å²) in [5.74, 6) is 0.323. The van der Waals surface area contributed by atoms with Crippen molar-refractivity contribution >= 4 is 16.8 Å². The number of carbonyl (C=O) groups is 1. The van der Waals surface area contributed by atoms with Crippen LogP contribution in [0.15, 0.2) is 30.3 Å². The monoisotopic (exact) mass is 322 g/mol. The van der Waals surface area contributed by atoms with Crippen LogP contribution in [-0.2, 0) is 6.42 Å². The first kappa shape index (κ1) is 15.0. The Morgan fingerprint density at radius 1 is 1.33 bits per heavy atom. The van der Waals surface area contributed by atoms with Crippen LogP contribution in [-0.4, -0.2) is 32.5 Å². The molecule has 2 aromatic heterocycles. The van der Waals surface area contributed by atoms with Crippen LogP contribution in [0.3, 0.4) is 0 Å². The van der Waals surface area contributed by atoms with Gasteiger partial charge in [-0.3, -0.25) is 9.89 Å². The molecule has 24 heavy (non-hydrogen) atoms. The SMILES string of the molecule is Cc1cc(C(=O)N2CCc3c([nH]c4ccccc34)[C@H]2C(C)C)n[nH]1. The van der Waals surface area contributed by atoms with Crippen LogP contribution < -0.4 is 0 Å². The Hall–Kier alpha value is -2.56. The van der Waals surface area contributed by atoms with Gasteiger partial charge in [-0.2, -0.15) is 5.10 Å². The molecule has 0 spiro atoms. The molecule has 0 radical (unpaired) electrons. The van der Waals surface area contributed by atoms with E-state index >= 15 is 0 Å². The highest BCUT2D eigenvalue weighted by Gasteiger charge is 2.36. The second-order valence-corrected chi connectivity index (χ2v) is 6.94. The lowest BCUT2D eigenvalue weighted by atomic mass is 9.90. The van der Waals surface area contributed by atoms with Crippen molar-refractivity contribution in [3.63, 3.8) is 0 Å². The van der Waals surface area contributed by atoms with E-state index in [1.165, 1.54) is 16.6 Å². The number of hydrogen-bond donors (Lipinski definition) is 2. The van der Waals surface area contributed by atoms with Crippen LogP contribution in [0.5, 0.6) is 0 Å². The van der Waals surface area contributed by atoms with Crippen molar-refractivity contribution in [2.45, 2.75) is 33.2 Å². The number of carbonyl (C=O) groups excluding carboxylic acids is 1. The maximum Gasteiger partial charge on any atom is 0.274 e. The third kappa shape index (κ3) is 2.23. The number of aromatic nitrogens is 3. The summed E-state index contributed by atoms with van der Waals surface area (Å²) in [5.41, 5.74) is 5.09. The largest absolute Gasteiger partial charge is 0.356 e. The zero-order valence-electron chi connectivity index (χ0n) is 14.3. The molecule has 1 aliphatic heterocycles. The van der Waals surface area contributed by atoms with Gasteiger partial charge in [-0.05, 0) is 37.0 Å². The Bertz CT molecular complexity index is 905. The Balaban J connectivity index is 1.79. The fraction of sp³-hybridized carbons (Fsp3) is 0.368. The second kappa shape index (κ2) is 5.51. The summed E-state index contributed by atoms with van der Waals surface area (Å²) >= 11 is 0. The van der Waals surface area contributed by atoms with Crippen LogP contribution in [0.1, 0.15) is 47.3 Å². The highest BCUT2D eigenvalue weighted by molar-refractivity contribution is 5.93. The van der Waals surface area contributed by atoms with E-state index in [0.717, 1.165) is 24.2 Å². The maximum atomic E-state index is 13.0. The molecule has 2 N–H and O–H groups in total. The van der Waals surface area contributed by atoms with E-state index in [1.807, 2.05) is 24.0 Å². The quantitative estimate of drug-likeness (QED) is 0.757. The van der Waals surface area contributed by atoms with E-state index in [4.69, 9.17) is 0 Å². The Morgan fingerprint density at radius 2 is 2.12 bits per heavy atom. The normalized spacial score (nSPS) is 17.5. The molecule has 3 aromatic rings. The summed E-state index contributed by atoms with van der Waals surface area (Å²) in [6, 6.07) is 10.3. The Kier molecular flexibility index (Phi) is 3.44. The van der Waals surface area contributed by atoms with Crippen LogP contribution >= 0.6 is 0 Å². The average Bonchev–Trinajstić information content (AvgIpc) is 3.16. The van der Waals surface area contributed by atoms with Gasteiger partial charge in [-0.15, -0.1) is 0 Å². The third-order valence-electron chi connectivity index (χ3n) is 4.90. The van der Waals surface area contributed by atoms with Crippen molar-refractivity contribution in [1.29, 1.82) is 0 Å². The van der Waals surface area contributed by atoms with Gasteiger partial charge in [0.1, 0.15) is 5.69 Å². The van der Waals surface area contributed by atoms with Crippen LogP contribution in [0.25, 0.3) is 10.9 Å². The topological polar surface area (TPSA) is 64.8 Å². The lowest BCUT2D eigenvalue weighted by Gasteiger charge is -2.38. The van der Waals surface area contributed by atoms with Gasteiger partial charge in [0.05, 0.1) is 6.04 Å². The van der Waals surface area contributed by atoms with E-state index in [2.05, 4.69) is 47.2 Å². The van der Waals surface area contributed by atoms with Gasteiger partial charge in [-0.25, -0.2) is 0 Å². The van der Waals surface area contributed by atoms with E-state index in [0.29, 0.717) is 11.6 Å². The second-order valence-electron chi connectivity index (χ2n) is 6.94. The van der Waals surface area contributed by atoms with Crippen molar-refractivity contribution in [3.05, 3.63) is 53.0 Å². The number of nitrogens with one attached hydrogen (secondary N) is 2. The average molecular weight is 322 g/mol. The minimum absolute atomic E-state index is 0.00218. The minimum Gasteiger partial charge on any atom is -0.356 e. The van der Waals surface area contributed by atoms with Crippen molar-refractivity contribution < 1.29 is 4.79 Å². The third-order valence-corrected chi connectivity index (χ3v) is 4.90. The van der Waals surface area contributed by atoms with Crippen molar-refractivity contribution in [3.8, 4) is 0 Å². The first-order chi connectivity index (χ1) is 11.6. The molecule has 1 aliphatic rings. The highest BCUT2D eigenvalue weighted by atomic mass is 16.2. The summed E-state index contributed by atoms with van der Waals surface area (Å²) in [7, 11) is 0. The molecule has 0 saturated carbocycles. The Morgan fingerprint density at radius 3 is 2.83 bits per heavy atom. The predicted octanol–water partition coefficient (Wildman–Crippen LogP) is 3.60. The molecule has 1 atom stereocenters. The number of aromatic amines is 2. The molecule has 5 nitrogen and oxygen atoms in total. The molecule has 1 amide bonds. The molecule has 5 heteroatoms. The van der Waals surface area contributed by atoms with Crippen molar-refractivity contribution in [1.82, 2.24) is 20.1 Å². The number of hydrogen-bond acceptors (Lipinski definition) is 2. The molecular weight excluding hydrogens is 300 g/mol. The van der Waals surface area contributed by atoms with E-state index in [-0.39, 0.29) is 11.9 Å². The predicted molar refractivity (Wildman–Crippen MR) is 93.9 cm³/mol. The first-order valence-corrected chi connectivity index (χ1v) is 8.48. The first-order valence-electron chi connectivity index (χ1n) is 8.48. The Labute approximate surface area is 141 Å². The number of fused-ring (bicyclic) bond motifs is 3. The minimum atomic E-state index is 0.00218. The van der Waals surface area contributed by atoms with Gasteiger partial charge in [0, 0.05) is 28.8 Å². The molecule has 0 bridgehead atoms. The number of aryl methyl sites for hydroxylation is 1. The van der Waals surface area contributed by atoms with Crippen LogP contribution in [0.4, 0.5) is 0 Å². The number of para-hydroxylation sites is 1. The van der Waals surface area contributed by atoms with Gasteiger partial charge < -0.3 is 9.88 Å². The standard InChI is InChI=1S/C19H22N4O/c1-11(2)18-17-14(13-6-4-5-7-15(13)20-17)8-9-23(18)19(24)16-10-12(3)21-22-16/h4-7,10-11,18,20H,8-9H2,1-3H3,(H,21,22)/t18-/m1/s1. The number of H-pyrrole nitrogens is 2. The summed E-state index contributed by atoms with van der Waals surface area (Å²) in [6.07, 6.45) is 0.873. The molecule has 0 saturated heterocycles. The molecule has 0 unspecified atom stereocenters. The molecule has 1 aromatic carbocycles. The fourth-order valence-electron chi connectivity index (χ4n) is 3.87. The molecule has 124 valence electrons. The van der Waals surface area contributed by atoms with Gasteiger partial charge in [0.2, 0.25) is 0 Å². The summed E-state index contributed by atoms with van der Waals surface area (Å²) in [5, 5.41) is 8.30. The lowest BCUT2D eigenvalue weighted by molar-refractivity contribution is 0.0592. The van der Waals surface area contributed by atoms with Crippen LogP contribution in [0.2, 0.25) is 0 Å². The van der Waals surface area contributed by atoms with Gasteiger partial charge in [-0.1, -0.05) is 32.0 Å². The summed E-state index contributed by atoms with van der Waals surface area (Å²) in [6.45, 7) is 6.97. The fourth-order valence-corrected chi connectivity index (χ4v) is 3.87. The van der Waals surface area contributed by atoms with Crippen LogP contribution in [0, 0.1) is 12.8 Å². The number of amides is 1. The molecule has 3 heterocycles. The van der Waals surface area contributed by atoms with E-state index in [9.17, 15) is 4.79 Å². The molecule has 0 aliphatic carbocycles. The number of nitrogens with zero attached hydrogens (tertiary/aromatic N) is 2. The van der Waals surface area contributed by atoms with Crippen molar-refractivity contribution in [2.75, 3.05) is 6.54 Å².